The van der Waals surface area contributed by atoms with Gasteiger partial charge in [-0.3, -0.25) is 0 Å². The fraction of sp³-hybridized carbons (Fsp3) is 0.667. The number of piperidine rings is 1. The Morgan fingerprint density at radius 2 is 1.81 bits per heavy atom. The lowest BCUT2D eigenvalue weighted by molar-refractivity contribution is 0.0303. The van der Waals surface area contributed by atoms with E-state index in [-0.39, 0.29) is 6.04 Å². The normalized spacial score (nSPS) is 28.5. The zero-order valence-corrected chi connectivity index (χ0v) is 13.4. The average molecular weight is 287 g/mol. The third-order valence-electron chi connectivity index (χ3n) is 5.12. The Kier molecular flexibility index (Phi) is 4.63. The van der Waals surface area contributed by atoms with Crippen molar-refractivity contribution in [1.82, 2.24) is 10.4 Å². The molecule has 1 saturated heterocycles. The van der Waals surface area contributed by atoms with Gasteiger partial charge in [-0.15, -0.1) is 0 Å². The fourth-order valence-electron chi connectivity index (χ4n) is 3.70. The first kappa shape index (κ1) is 15.0. The van der Waals surface area contributed by atoms with Crippen molar-refractivity contribution < 1.29 is 0 Å². The van der Waals surface area contributed by atoms with Gasteiger partial charge in [0.1, 0.15) is 0 Å². The van der Waals surface area contributed by atoms with Gasteiger partial charge in [-0.1, -0.05) is 30.7 Å². The molecule has 0 spiro atoms. The highest BCUT2D eigenvalue weighted by Gasteiger charge is 2.30. The summed E-state index contributed by atoms with van der Waals surface area (Å²) in [5, 5.41) is 2.45. The first-order chi connectivity index (χ1) is 10.2. The molecule has 0 aromatic heterocycles. The molecule has 0 amide bonds. The first-order valence-electron chi connectivity index (χ1n) is 8.54. The van der Waals surface area contributed by atoms with E-state index in [1.165, 1.54) is 43.2 Å². The van der Waals surface area contributed by atoms with E-state index in [1.54, 1.807) is 0 Å². The van der Waals surface area contributed by atoms with Crippen molar-refractivity contribution in [2.45, 2.75) is 70.0 Å². The van der Waals surface area contributed by atoms with Gasteiger partial charge in [0.15, 0.2) is 0 Å². The molecule has 3 heteroatoms. The lowest BCUT2D eigenvalue weighted by Gasteiger charge is -2.41. The molecule has 0 radical (unpaired) electrons. The van der Waals surface area contributed by atoms with Crippen LogP contribution in [0.4, 0.5) is 0 Å². The van der Waals surface area contributed by atoms with E-state index in [0.717, 1.165) is 5.92 Å². The van der Waals surface area contributed by atoms with Gasteiger partial charge in [0, 0.05) is 18.6 Å². The minimum atomic E-state index is 0.241. The van der Waals surface area contributed by atoms with E-state index in [0.29, 0.717) is 18.6 Å². The maximum absolute atomic E-state index is 6.11. The van der Waals surface area contributed by atoms with Gasteiger partial charge in [-0.05, 0) is 56.6 Å². The zero-order valence-electron chi connectivity index (χ0n) is 13.4. The minimum absolute atomic E-state index is 0.241. The molecule has 3 atom stereocenters. The van der Waals surface area contributed by atoms with E-state index in [2.05, 4.69) is 48.5 Å². The Morgan fingerprint density at radius 1 is 1.14 bits per heavy atom. The maximum atomic E-state index is 6.11. The predicted molar refractivity (Wildman–Crippen MR) is 88.0 cm³/mol. The molecule has 1 aliphatic carbocycles. The van der Waals surface area contributed by atoms with E-state index in [1.807, 2.05) is 0 Å². The van der Waals surface area contributed by atoms with Crippen molar-refractivity contribution in [3.63, 3.8) is 0 Å². The summed E-state index contributed by atoms with van der Waals surface area (Å²) in [6.07, 6.45) is 6.57. The van der Waals surface area contributed by atoms with Crippen LogP contribution in [0.1, 0.15) is 69.0 Å². The lowest BCUT2D eigenvalue weighted by Crippen LogP contribution is -2.54. The van der Waals surface area contributed by atoms with Gasteiger partial charge in [0.2, 0.25) is 0 Å². The molecule has 1 aromatic carbocycles. The summed E-state index contributed by atoms with van der Waals surface area (Å²) in [5.74, 6) is 0.772. The van der Waals surface area contributed by atoms with Crippen LogP contribution in [0, 0.1) is 0 Å². The average Bonchev–Trinajstić information content (AvgIpc) is 3.32. The van der Waals surface area contributed by atoms with Crippen molar-refractivity contribution in [3.05, 3.63) is 35.4 Å². The number of hydrazine groups is 1. The van der Waals surface area contributed by atoms with E-state index < -0.39 is 0 Å². The summed E-state index contributed by atoms with van der Waals surface area (Å²) in [5.41, 5.74) is 12.8. The molecule has 3 nitrogen and oxygen atoms in total. The number of nitrogens with two attached hydrogens (primary N) is 1. The summed E-state index contributed by atoms with van der Waals surface area (Å²) in [6.45, 7) is 5.30. The van der Waals surface area contributed by atoms with E-state index in [9.17, 15) is 0 Å². The number of nitrogens with zero attached hydrogens (tertiary/aromatic N) is 1. The van der Waals surface area contributed by atoms with Gasteiger partial charge in [-0.2, -0.15) is 0 Å². The third kappa shape index (κ3) is 3.31. The van der Waals surface area contributed by atoms with Crippen molar-refractivity contribution >= 4 is 0 Å². The molecule has 0 bridgehead atoms. The molecule has 1 aliphatic heterocycles. The number of rotatable bonds is 5. The molecule has 1 saturated carbocycles. The topological polar surface area (TPSA) is 41.3 Å². The molecule has 21 heavy (non-hydrogen) atoms. The second-order valence-electron chi connectivity index (χ2n) is 6.86. The summed E-state index contributed by atoms with van der Waals surface area (Å²) in [4.78, 5) is 0. The number of hydrogen-bond donors (Lipinski definition) is 2. The first-order valence-corrected chi connectivity index (χ1v) is 8.54. The van der Waals surface area contributed by atoms with Crippen molar-refractivity contribution in [3.8, 4) is 0 Å². The molecule has 3 unspecified atom stereocenters. The molecule has 3 rings (SSSR count). The zero-order chi connectivity index (χ0) is 14.8. The predicted octanol–water partition coefficient (Wildman–Crippen LogP) is 3.33. The molecule has 116 valence electrons. The smallest absolute Gasteiger partial charge is 0.0590 e. The molecule has 3 N–H and O–H groups in total. The SMILES string of the molecule is CC1CCCC(C)N1NC(CN)c1ccccc1C1CC1. The Morgan fingerprint density at radius 3 is 2.43 bits per heavy atom. The highest BCUT2D eigenvalue weighted by atomic mass is 15.5. The standard InChI is InChI=1S/C18H29N3/c1-13-6-5-7-14(2)21(13)20-18(12-19)17-9-4-3-8-16(17)15-10-11-15/h3-4,8-9,13-15,18,20H,5-7,10-12,19H2,1-2H3. The van der Waals surface area contributed by atoms with Crippen LogP contribution < -0.4 is 11.2 Å². The van der Waals surface area contributed by atoms with Crippen molar-refractivity contribution in [2.24, 2.45) is 5.73 Å². The Hall–Kier alpha value is -0.900. The molecule has 2 aliphatic rings. The van der Waals surface area contributed by atoms with Crippen LogP contribution in [0.3, 0.4) is 0 Å². The quantitative estimate of drug-likeness (QED) is 0.873. The van der Waals surface area contributed by atoms with Crippen LogP contribution in [0.15, 0.2) is 24.3 Å². The Balaban J connectivity index is 1.78. The Labute approximate surface area is 128 Å². The minimum Gasteiger partial charge on any atom is -0.329 e. The van der Waals surface area contributed by atoms with Crippen LogP contribution in [-0.2, 0) is 0 Å². The van der Waals surface area contributed by atoms with Crippen LogP contribution >= 0.6 is 0 Å². The fourth-order valence-corrected chi connectivity index (χ4v) is 3.70. The van der Waals surface area contributed by atoms with Crippen LogP contribution in [0.25, 0.3) is 0 Å². The van der Waals surface area contributed by atoms with Crippen LogP contribution in [-0.4, -0.2) is 23.6 Å². The van der Waals surface area contributed by atoms with E-state index >= 15 is 0 Å². The molecule has 1 heterocycles. The number of benzene rings is 1. The summed E-state index contributed by atoms with van der Waals surface area (Å²) in [6, 6.07) is 10.3. The molecular formula is C18H29N3. The largest absolute Gasteiger partial charge is 0.329 e. The number of hydrogen-bond acceptors (Lipinski definition) is 3. The maximum Gasteiger partial charge on any atom is 0.0590 e. The molecular weight excluding hydrogens is 258 g/mol. The highest BCUT2D eigenvalue weighted by Crippen LogP contribution is 2.43. The number of nitrogens with one attached hydrogen (secondary N) is 1. The van der Waals surface area contributed by atoms with Crippen molar-refractivity contribution in [1.29, 1.82) is 0 Å². The summed E-state index contributed by atoms with van der Waals surface area (Å²) in [7, 11) is 0. The van der Waals surface area contributed by atoms with Gasteiger partial charge < -0.3 is 5.73 Å². The second-order valence-corrected chi connectivity index (χ2v) is 6.86. The second kappa shape index (κ2) is 6.47. The third-order valence-corrected chi connectivity index (χ3v) is 5.12. The summed E-state index contributed by atoms with van der Waals surface area (Å²) < 4.78 is 0. The monoisotopic (exact) mass is 287 g/mol. The molecule has 2 fully saturated rings. The van der Waals surface area contributed by atoms with Crippen LogP contribution in [0.2, 0.25) is 0 Å². The van der Waals surface area contributed by atoms with Crippen LogP contribution in [0.5, 0.6) is 0 Å². The van der Waals surface area contributed by atoms with Gasteiger partial charge in [0.25, 0.3) is 0 Å². The van der Waals surface area contributed by atoms with Gasteiger partial charge >= 0.3 is 0 Å². The lowest BCUT2D eigenvalue weighted by atomic mass is 9.96. The van der Waals surface area contributed by atoms with Gasteiger partial charge in [-0.25, -0.2) is 10.4 Å². The highest BCUT2D eigenvalue weighted by molar-refractivity contribution is 5.35. The summed E-state index contributed by atoms with van der Waals surface area (Å²) >= 11 is 0. The van der Waals surface area contributed by atoms with Gasteiger partial charge in [0.05, 0.1) is 6.04 Å². The Bertz CT molecular complexity index is 459. The molecule has 1 aromatic rings. The van der Waals surface area contributed by atoms with E-state index in [4.69, 9.17) is 5.73 Å². The van der Waals surface area contributed by atoms with Crippen molar-refractivity contribution in [2.75, 3.05) is 6.54 Å².